The average molecular weight is 346 g/mol. The van der Waals surface area contributed by atoms with Crippen molar-refractivity contribution >= 4 is 15.9 Å². The molecule has 20 heavy (non-hydrogen) atoms. The molecular weight excluding hydrogens is 335 g/mol. The molecule has 1 unspecified atom stereocenters. The zero-order chi connectivity index (χ0) is 14.9. The first-order valence-electron chi connectivity index (χ1n) is 5.67. The SMILES string of the molecule is COc1cc(F)c(C(N)c2ccc(Br)cc2F)c(F)c1. The number of nitrogens with two attached hydrogens (primary N) is 1. The Labute approximate surface area is 122 Å². The minimum absolute atomic E-state index is 0.0103. The highest BCUT2D eigenvalue weighted by atomic mass is 79.9. The Morgan fingerprint density at radius 1 is 1.05 bits per heavy atom. The number of ether oxygens (including phenoxy) is 1. The highest BCUT2D eigenvalue weighted by Crippen LogP contribution is 2.30. The molecule has 2 aromatic rings. The summed E-state index contributed by atoms with van der Waals surface area (Å²) in [6, 6.07) is 4.90. The summed E-state index contributed by atoms with van der Waals surface area (Å²) in [4.78, 5) is 0. The summed E-state index contributed by atoms with van der Waals surface area (Å²) in [5.74, 6) is -2.36. The van der Waals surface area contributed by atoms with Crippen LogP contribution in [0.1, 0.15) is 17.2 Å². The van der Waals surface area contributed by atoms with Crippen LogP contribution in [-0.4, -0.2) is 7.11 Å². The first-order valence-corrected chi connectivity index (χ1v) is 6.46. The van der Waals surface area contributed by atoms with E-state index in [1.165, 1.54) is 19.2 Å². The lowest BCUT2D eigenvalue weighted by Crippen LogP contribution is -2.17. The monoisotopic (exact) mass is 345 g/mol. The molecule has 0 aromatic heterocycles. The zero-order valence-electron chi connectivity index (χ0n) is 10.5. The van der Waals surface area contributed by atoms with Gasteiger partial charge in [0.25, 0.3) is 0 Å². The summed E-state index contributed by atoms with van der Waals surface area (Å²) in [5, 5.41) is 0. The summed E-state index contributed by atoms with van der Waals surface area (Å²) >= 11 is 3.10. The Kier molecular flexibility index (Phi) is 4.35. The molecular formula is C14H11BrF3NO. The van der Waals surface area contributed by atoms with Gasteiger partial charge in [0.1, 0.15) is 23.2 Å². The Balaban J connectivity index is 2.50. The van der Waals surface area contributed by atoms with E-state index in [0.29, 0.717) is 4.47 Å². The fraction of sp³-hybridized carbons (Fsp3) is 0.143. The van der Waals surface area contributed by atoms with Crippen LogP contribution in [0, 0.1) is 17.5 Å². The third kappa shape index (κ3) is 2.81. The van der Waals surface area contributed by atoms with Gasteiger partial charge in [-0.05, 0) is 12.1 Å². The third-order valence-electron chi connectivity index (χ3n) is 2.90. The summed E-state index contributed by atoms with van der Waals surface area (Å²) in [5.41, 5.74) is 5.40. The van der Waals surface area contributed by atoms with Gasteiger partial charge in [-0.15, -0.1) is 0 Å². The van der Waals surface area contributed by atoms with Gasteiger partial charge in [0.05, 0.1) is 13.2 Å². The topological polar surface area (TPSA) is 35.2 Å². The first-order chi connectivity index (χ1) is 9.43. The summed E-state index contributed by atoms with van der Waals surface area (Å²) < 4.78 is 46.9. The number of halogens is 4. The van der Waals surface area contributed by atoms with Gasteiger partial charge in [0, 0.05) is 27.7 Å². The van der Waals surface area contributed by atoms with E-state index in [2.05, 4.69) is 15.9 Å². The van der Waals surface area contributed by atoms with Crippen molar-refractivity contribution in [2.75, 3.05) is 7.11 Å². The molecule has 2 N–H and O–H groups in total. The second kappa shape index (κ2) is 5.85. The standard InChI is InChI=1S/C14H11BrF3NO/c1-20-8-5-11(17)13(12(18)6-8)14(19)9-3-2-7(15)4-10(9)16/h2-6,14H,19H2,1H3. The quantitative estimate of drug-likeness (QED) is 0.914. The molecule has 0 radical (unpaired) electrons. The van der Waals surface area contributed by atoms with E-state index in [-0.39, 0.29) is 11.3 Å². The van der Waals surface area contributed by atoms with Crippen LogP contribution in [0.5, 0.6) is 5.75 Å². The van der Waals surface area contributed by atoms with Crippen molar-refractivity contribution in [3.8, 4) is 5.75 Å². The van der Waals surface area contributed by atoms with E-state index in [0.717, 1.165) is 12.1 Å². The summed E-state index contributed by atoms with van der Waals surface area (Å²) in [6.45, 7) is 0. The van der Waals surface area contributed by atoms with Gasteiger partial charge in [-0.2, -0.15) is 0 Å². The van der Waals surface area contributed by atoms with E-state index >= 15 is 0 Å². The maximum atomic E-state index is 13.9. The summed E-state index contributed by atoms with van der Waals surface area (Å²) in [7, 11) is 1.29. The molecule has 1 atom stereocenters. The summed E-state index contributed by atoms with van der Waals surface area (Å²) in [6.07, 6.45) is 0. The van der Waals surface area contributed by atoms with E-state index in [9.17, 15) is 13.2 Å². The van der Waals surface area contributed by atoms with Crippen molar-refractivity contribution < 1.29 is 17.9 Å². The molecule has 0 amide bonds. The minimum atomic E-state index is -1.24. The minimum Gasteiger partial charge on any atom is -0.497 e. The highest BCUT2D eigenvalue weighted by molar-refractivity contribution is 9.10. The second-order valence-electron chi connectivity index (χ2n) is 4.15. The molecule has 0 aliphatic heterocycles. The number of hydrogen-bond donors (Lipinski definition) is 1. The van der Waals surface area contributed by atoms with E-state index in [4.69, 9.17) is 10.5 Å². The largest absolute Gasteiger partial charge is 0.497 e. The maximum Gasteiger partial charge on any atom is 0.134 e. The lowest BCUT2D eigenvalue weighted by atomic mass is 9.98. The van der Waals surface area contributed by atoms with Gasteiger partial charge in [-0.25, -0.2) is 13.2 Å². The van der Waals surface area contributed by atoms with E-state index < -0.39 is 29.1 Å². The van der Waals surface area contributed by atoms with Crippen LogP contribution < -0.4 is 10.5 Å². The Morgan fingerprint density at radius 2 is 1.65 bits per heavy atom. The van der Waals surface area contributed by atoms with Crippen molar-refractivity contribution in [3.05, 3.63) is 63.4 Å². The van der Waals surface area contributed by atoms with Gasteiger partial charge in [-0.1, -0.05) is 22.0 Å². The molecule has 2 aromatic carbocycles. The Hall–Kier alpha value is -1.53. The van der Waals surface area contributed by atoms with Crippen molar-refractivity contribution in [2.24, 2.45) is 5.73 Å². The molecule has 0 saturated heterocycles. The van der Waals surface area contributed by atoms with Crippen LogP contribution in [0.2, 0.25) is 0 Å². The lowest BCUT2D eigenvalue weighted by Gasteiger charge is -2.16. The van der Waals surface area contributed by atoms with Crippen LogP contribution >= 0.6 is 15.9 Å². The predicted octanol–water partition coefficient (Wildman–Crippen LogP) is 3.92. The van der Waals surface area contributed by atoms with Gasteiger partial charge in [0.2, 0.25) is 0 Å². The van der Waals surface area contributed by atoms with Crippen LogP contribution in [0.15, 0.2) is 34.8 Å². The molecule has 0 aliphatic rings. The normalized spacial score (nSPS) is 12.3. The smallest absolute Gasteiger partial charge is 0.134 e. The molecule has 0 bridgehead atoms. The van der Waals surface area contributed by atoms with E-state index in [1.54, 1.807) is 6.07 Å². The van der Waals surface area contributed by atoms with Crippen molar-refractivity contribution in [2.45, 2.75) is 6.04 Å². The number of rotatable bonds is 3. The molecule has 0 fully saturated rings. The average Bonchev–Trinajstić information content (AvgIpc) is 2.37. The fourth-order valence-corrected chi connectivity index (χ4v) is 2.22. The molecule has 0 spiro atoms. The highest BCUT2D eigenvalue weighted by Gasteiger charge is 2.22. The van der Waals surface area contributed by atoms with E-state index in [1.807, 2.05) is 0 Å². The molecule has 2 nitrogen and oxygen atoms in total. The fourth-order valence-electron chi connectivity index (χ4n) is 1.89. The van der Waals surface area contributed by atoms with Crippen LogP contribution in [0.25, 0.3) is 0 Å². The van der Waals surface area contributed by atoms with Gasteiger partial charge < -0.3 is 10.5 Å². The van der Waals surface area contributed by atoms with Gasteiger partial charge in [0.15, 0.2) is 0 Å². The van der Waals surface area contributed by atoms with Crippen LogP contribution in [-0.2, 0) is 0 Å². The molecule has 6 heteroatoms. The Morgan fingerprint density at radius 3 is 2.15 bits per heavy atom. The second-order valence-corrected chi connectivity index (χ2v) is 5.06. The molecule has 0 aliphatic carbocycles. The maximum absolute atomic E-state index is 13.9. The molecule has 0 heterocycles. The van der Waals surface area contributed by atoms with Crippen molar-refractivity contribution in [1.29, 1.82) is 0 Å². The number of benzene rings is 2. The first kappa shape index (κ1) is 14.9. The zero-order valence-corrected chi connectivity index (χ0v) is 12.0. The van der Waals surface area contributed by atoms with Crippen LogP contribution in [0.4, 0.5) is 13.2 Å². The molecule has 0 saturated carbocycles. The van der Waals surface area contributed by atoms with Crippen LogP contribution in [0.3, 0.4) is 0 Å². The predicted molar refractivity (Wildman–Crippen MR) is 73.0 cm³/mol. The number of hydrogen-bond acceptors (Lipinski definition) is 2. The molecule has 2 rings (SSSR count). The molecule has 106 valence electrons. The Bertz CT molecular complexity index is 625. The number of methoxy groups -OCH3 is 1. The van der Waals surface area contributed by atoms with Crippen molar-refractivity contribution in [3.63, 3.8) is 0 Å². The van der Waals surface area contributed by atoms with Crippen molar-refractivity contribution in [1.82, 2.24) is 0 Å². The van der Waals surface area contributed by atoms with Gasteiger partial charge in [-0.3, -0.25) is 0 Å². The van der Waals surface area contributed by atoms with Gasteiger partial charge >= 0.3 is 0 Å². The third-order valence-corrected chi connectivity index (χ3v) is 3.39. The lowest BCUT2D eigenvalue weighted by molar-refractivity contribution is 0.404.